The van der Waals surface area contributed by atoms with Crippen molar-refractivity contribution in [2.75, 3.05) is 13.1 Å². The number of imidazole rings is 1. The number of carboxylic acids is 1. The summed E-state index contributed by atoms with van der Waals surface area (Å²) in [5.74, 6) is -4.03. The number of hydrogen-bond donors (Lipinski definition) is 8. The van der Waals surface area contributed by atoms with Crippen LogP contribution in [0.25, 0.3) is 0 Å². The van der Waals surface area contributed by atoms with Crippen LogP contribution in [0.2, 0.25) is 0 Å². The first kappa shape index (κ1) is 39.4. The van der Waals surface area contributed by atoms with E-state index in [9.17, 15) is 39.0 Å². The molecule has 1 saturated heterocycles. The van der Waals surface area contributed by atoms with Crippen LogP contribution in [0.15, 0.2) is 36.8 Å². The summed E-state index contributed by atoms with van der Waals surface area (Å²) < 4.78 is 0. The van der Waals surface area contributed by atoms with E-state index >= 15 is 0 Å². The molecule has 9 N–H and O–H groups in total. The van der Waals surface area contributed by atoms with E-state index in [-0.39, 0.29) is 49.8 Å². The molecule has 1 aliphatic heterocycles. The van der Waals surface area contributed by atoms with Crippen molar-refractivity contribution in [3.05, 3.63) is 48.0 Å². The highest BCUT2D eigenvalue weighted by molar-refractivity contribution is 5.95. The summed E-state index contributed by atoms with van der Waals surface area (Å²) in [6, 6.07) is 1.17. The van der Waals surface area contributed by atoms with Crippen LogP contribution in [0, 0.1) is 11.8 Å². The Balaban J connectivity index is 1.60. The van der Waals surface area contributed by atoms with Gasteiger partial charge in [-0.1, -0.05) is 39.8 Å². The molecule has 0 bridgehead atoms. The predicted molar refractivity (Wildman–Crippen MR) is 182 cm³/mol. The minimum atomic E-state index is -1.24. The number of H-pyrrole nitrogens is 1. The maximum Gasteiger partial charge on any atom is 0.326 e. The van der Waals surface area contributed by atoms with Crippen molar-refractivity contribution in [3.63, 3.8) is 0 Å². The Kier molecular flexibility index (Phi) is 14.7. The third-order valence-electron chi connectivity index (χ3n) is 8.29. The molecule has 16 nitrogen and oxygen atoms in total. The van der Waals surface area contributed by atoms with Gasteiger partial charge in [0.05, 0.1) is 18.9 Å². The second-order valence-electron chi connectivity index (χ2n) is 13.5. The third kappa shape index (κ3) is 12.2. The Morgan fingerprint density at radius 2 is 1.52 bits per heavy atom. The Labute approximate surface area is 291 Å². The summed E-state index contributed by atoms with van der Waals surface area (Å²) in [6.07, 6.45) is 4.40. The fourth-order valence-corrected chi connectivity index (χ4v) is 5.75. The summed E-state index contributed by atoms with van der Waals surface area (Å²) in [4.78, 5) is 85.9. The van der Waals surface area contributed by atoms with E-state index < -0.39 is 72.3 Å². The van der Waals surface area contributed by atoms with E-state index in [0.29, 0.717) is 18.5 Å². The fraction of sp³-hybridized carbons (Fsp3) is 0.559. The van der Waals surface area contributed by atoms with E-state index in [2.05, 4.69) is 31.2 Å². The van der Waals surface area contributed by atoms with Crippen molar-refractivity contribution in [1.29, 1.82) is 0 Å². The first-order chi connectivity index (χ1) is 23.6. The van der Waals surface area contributed by atoms with E-state index in [1.807, 2.05) is 27.7 Å². The number of nitrogens with zero attached hydrogens (tertiary/aromatic N) is 2. The molecule has 16 heteroatoms. The Morgan fingerprint density at radius 3 is 2.10 bits per heavy atom. The number of carboxylic acid groups (broad SMARTS) is 1. The van der Waals surface area contributed by atoms with Gasteiger partial charge in [-0.2, -0.15) is 0 Å². The first-order valence-corrected chi connectivity index (χ1v) is 16.9. The van der Waals surface area contributed by atoms with Gasteiger partial charge in [0, 0.05) is 24.9 Å². The summed E-state index contributed by atoms with van der Waals surface area (Å²) in [6.45, 7) is 7.33. The van der Waals surface area contributed by atoms with Crippen LogP contribution >= 0.6 is 0 Å². The molecule has 5 amide bonds. The van der Waals surface area contributed by atoms with Crippen molar-refractivity contribution in [2.45, 2.75) is 96.4 Å². The summed E-state index contributed by atoms with van der Waals surface area (Å²) in [5.41, 5.74) is 7.39. The molecule has 0 spiro atoms. The molecule has 1 aromatic carbocycles. The third-order valence-corrected chi connectivity index (χ3v) is 8.29. The van der Waals surface area contributed by atoms with E-state index in [4.69, 9.17) is 5.73 Å². The van der Waals surface area contributed by atoms with Gasteiger partial charge in [-0.05, 0) is 61.6 Å². The number of phenolic OH excluding ortho intramolecular Hbond substituents is 1. The van der Waals surface area contributed by atoms with Gasteiger partial charge in [-0.25, -0.2) is 9.78 Å². The van der Waals surface area contributed by atoms with Crippen LogP contribution in [0.1, 0.15) is 64.6 Å². The normalized spacial score (nSPS) is 16.7. The van der Waals surface area contributed by atoms with Gasteiger partial charge >= 0.3 is 5.97 Å². The molecule has 274 valence electrons. The van der Waals surface area contributed by atoms with Gasteiger partial charge in [-0.15, -0.1) is 0 Å². The van der Waals surface area contributed by atoms with Crippen LogP contribution in [0.3, 0.4) is 0 Å². The number of likely N-dealkylation sites (tertiary alicyclic amines) is 1. The van der Waals surface area contributed by atoms with Gasteiger partial charge in [0.25, 0.3) is 0 Å². The largest absolute Gasteiger partial charge is 0.508 e. The Morgan fingerprint density at radius 1 is 0.900 bits per heavy atom. The maximum absolute atomic E-state index is 13.5. The van der Waals surface area contributed by atoms with E-state index in [0.717, 1.165) is 5.56 Å². The Hall–Kier alpha value is -4.99. The van der Waals surface area contributed by atoms with Crippen molar-refractivity contribution in [3.8, 4) is 5.75 Å². The summed E-state index contributed by atoms with van der Waals surface area (Å²) in [5, 5.41) is 29.7. The highest BCUT2D eigenvalue weighted by atomic mass is 16.4. The van der Waals surface area contributed by atoms with Crippen molar-refractivity contribution in [1.82, 2.24) is 36.1 Å². The molecule has 3 rings (SSSR count). The van der Waals surface area contributed by atoms with Gasteiger partial charge < -0.3 is 47.1 Å². The number of benzene rings is 1. The average Bonchev–Trinajstić information content (AvgIpc) is 3.76. The van der Waals surface area contributed by atoms with Gasteiger partial charge in [0.2, 0.25) is 29.5 Å². The van der Waals surface area contributed by atoms with E-state index in [1.165, 1.54) is 29.6 Å². The number of nitrogens with two attached hydrogens (primary N) is 1. The molecular formula is C34H50N8O8. The number of aliphatic carboxylic acids is 1. The zero-order chi connectivity index (χ0) is 37.0. The number of aromatic amines is 1. The lowest BCUT2D eigenvalue weighted by Crippen LogP contribution is -2.57. The summed E-state index contributed by atoms with van der Waals surface area (Å²) in [7, 11) is 0. The number of nitrogens with one attached hydrogen (secondary N) is 5. The predicted octanol–water partition coefficient (Wildman–Crippen LogP) is -0.0338. The molecule has 2 heterocycles. The SMILES string of the molecule is CC(C)C[C@H](NC(=O)[C@H](CC(C)C)NC(=O)[C@@H](N)Cc1ccc(O)cc1)C(=O)NCC(=O)N1CCC[C@H]1C(=O)N[C@@H](Cc1cnc[nH]1)C(=O)O. The molecule has 1 fully saturated rings. The number of carbonyl (C=O) groups excluding carboxylic acids is 5. The van der Waals surface area contributed by atoms with Crippen LogP contribution in [-0.2, 0) is 41.6 Å². The number of amides is 5. The first-order valence-electron chi connectivity index (χ1n) is 16.9. The number of carbonyl (C=O) groups is 6. The number of phenols is 1. The molecule has 0 unspecified atom stereocenters. The van der Waals surface area contributed by atoms with Gasteiger partial charge in [0.1, 0.15) is 29.9 Å². The van der Waals surface area contributed by atoms with Crippen LogP contribution in [0.4, 0.5) is 0 Å². The minimum Gasteiger partial charge on any atom is -0.508 e. The lowest BCUT2D eigenvalue weighted by molar-refractivity contribution is -0.144. The lowest BCUT2D eigenvalue weighted by Gasteiger charge is -2.27. The van der Waals surface area contributed by atoms with Crippen LogP contribution < -0.4 is 27.0 Å². The second-order valence-corrected chi connectivity index (χ2v) is 13.5. The van der Waals surface area contributed by atoms with Crippen molar-refractivity contribution in [2.24, 2.45) is 17.6 Å². The molecule has 0 aliphatic carbocycles. The van der Waals surface area contributed by atoms with Gasteiger partial charge in [0.15, 0.2) is 0 Å². The molecule has 5 atom stereocenters. The molecule has 0 radical (unpaired) electrons. The number of hydrogen-bond acceptors (Lipinski definition) is 9. The van der Waals surface area contributed by atoms with Crippen molar-refractivity contribution >= 4 is 35.5 Å². The maximum atomic E-state index is 13.5. The number of aromatic nitrogens is 2. The minimum absolute atomic E-state index is 0.0104. The average molecular weight is 699 g/mol. The zero-order valence-electron chi connectivity index (χ0n) is 29.0. The molecule has 2 aromatic rings. The van der Waals surface area contributed by atoms with Gasteiger partial charge in [-0.3, -0.25) is 24.0 Å². The lowest BCUT2D eigenvalue weighted by atomic mass is 9.99. The second kappa shape index (κ2) is 18.7. The number of rotatable bonds is 18. The quantitative estimate of drug-likeness (QED) is 0.103. The topological polar surface area (TPSA) is 249 Å². The standard InChI is InChI=1S/C34H50N8O8/c1-19(2)12-25(40-32(47)26(13-20(3)4)39-30(45)24(35)14-21-7-9-23(43)10-8-21)31(46)37-17-29(44)42-11-5-6-28(42)33(48)41-27(34(49)50)15-22-16-36-18-38-22/h7-10,16,18-20,24-28,43H,5-6,11-15,17,35H2,1-4H3,(H,36,38)(H,37,46)(H,39,45)(H,40,47)(H,41,48)(H,49,50)/t24-,25-,26-,27-,28-/m0/s1. The molecule has 50 heavy (non-hydrogen) atoms. The molecule has 0 saturated carbocycles. The van der Waals surface area contributed by atoms with Crippen LogP contribution in [0.5, 0.6) is 5.75 Å². The Bertz CT molecular complexity index is 1460. The highest BCUT2D eigenvalue weighted by Crippen LogP contribution is 2.18. The molecule has 1 aliphatic rings. The zero-order valence-corrected chi connectivity index (χ0v) is 29.0. The highest BCUT2D eigenvalue weighted by Gasteiger charge is 2.36. The fourth-order valence-electron chi connectivity index (χ4n) is 5.75. The van der Waals surface area contributed by atoms with E-state index in [1.54, 1.807) is 12.1 Å². The number of aromatic hydroxyl groups is 1. The van der Waals surface area contributed by atoms with Crippen molar-refractivity contribution < 1.29 is 39.0 Å². The summed E-state index contributed by atoms with van der Waals surface area (Å²) >= 11 is 0. The monoisotopic (exact) mass is 698 g/mol. The van der Waals surface area contributed by atoms with Crippen LogP contribution in [-0.4, -0.2) is 104 Å². The molecule has 1 aromatic heterocycles. The molecular weight excluding hydrogens is 648 g/mol. The smallest absolute Gasteiger partial charge is 0.326 e.